The fourth-order valence-electron chi connectivity index (χ4n) is 1.55. The van der Waals surface area contributed by atoms with Gasteiger partial charge in [0, 0.05) is 12.6 Å². The molecule has 0 aromatic carbocycles. The number of nitrogens with zero attached hydrogens (tertiary/aromatic N) is 2. The lowest BCUT2D eigenvalue weighted by molar-refractivity contribution is 0.141. The molecule has 17 heavy (non-hydrogen) atoms. The summed E-state index contributed by atoms with van der Waals surface area (Å²) in [7, 11) is 0. The number of fused-ring (bicyclic) bond motifs is 1. The lowest BCUT2D eigenvalue weighted by Crippen LogP contribution is -2.22. The number of rotatable bonds is 5. The van der Waals surface area contributed by atoms with Crippen LogP contribution in [0.4, 0.5) is 11.8 Å². The highest BCUT2D eigenvalue weighted by molar-refractivity contribution is 7.16. The Morgan fingerprint density at radius 3 is 3.12 bits per heavy atom. The van der Waals surface area contributed by atoms with Gasteiger partial charge in [-0.05, 0) is 25.3 Å². The average Bonchev–Trinajstić information content (AvgIpc) is 2.74. The van der Waals surface area contributed by atoms with Gasteiger partial charge in [-0.15, -0.1) is 11.3 Å². The second-order valence-electron chi connectivity index (χ2n) is 3.77. The van der Waals surface area contributed by atoms with Crippen molar-refractivity contribution in [2.45, 2.75) is 19.9 Å². The molecule has 0 spiro atoms. The highest BCUT2D eigenvalue weighted by Crippen LogP contribution is 2.25. The summed E-state index contributed by atoms with van der Waals surface area (Å²) in [6, 6.07) is 2.18. The maximum Gasteiger partial charge on any atom is 0.223 e. The zero-order chi connectivity index (χ0) is 12.3. The highest BCUT2D eigenvalue weighted by Gasteiger charge is 2.09. The Morgan fingerprint density at radius 2 is 2.35 bits per heavy atom. The molecule has 3 N–H and O–H groups in total. The molecule has 0 bridgehead atoms. The molecule has 2 aromatic heterocycles. The third-order valence-electron chi connectivity index (χ3n) is 2.30. The Labute approximate surface area is 104 Å². The Bertz CT molecular complexity index is 499. The Morgan fingerprint density at radius 1 is 1.53 bits per heavy atom. The Balaban J connectivity index is 2.19. The number of nitrogen functional groups attached to an aromatic ring is 1. The van der Waals surface area contributed by atoms with Crippen molar-refractivity contribution in [3.8, 4) is 0 Å². The normalized spacial score (nSPS) is 12.8. The van der Waals surface area contributed by atoms with Crippen molar-refractivity contribution >= 4 is 33.3 Å². The number of thiophene rings is 1. The molecular formula is C11H16N4OS. The molecule has 5 nitrogen and oxygen atoms in total. The summed E-state index contributed by atoms with van der Waals surface area (Å²) in [4.78, 5) is 9.31. The SMILES string of the molecule is CCOCC(C)Nc1nc(N)nc2sccc12. The number of nitrogens with two attached hydrogens (primary N) is 1. The molecule has 92 valence electrons. The summed E-state index contributed by atoms with van der Waals surface area (Å²) in [5.41, 5.74) is 5.67. The van der Waals surface area contributed by atoms with Crippen LogP contribution in [0, 0.1) is 0 Å². The molecule has 0 aliphatic carbocycles. The lowest BCUT2D eigenvalue weighted by atomic mass is 10.3. The van der Waals surface area contributed by atoms with Gasteiger partial charge < -0.3 is 15.8 Å². The molecule has 2 rings (SSSR count). The van der Waals surface area contributed by atoms with Crippen LogP contribution in [0.15, 0.2) is 11.4 Å². The van der Waals surface area contributed by atoms with Gasteiger partial charge in [0.25, 0.3) is 0 Å². The first kappa shape index (κ1) is 12.1. The van der Waals surface area contributed by atoms with Crippen LogP contribution in [0.3, 0.4) is 0 Å². The second-order valence-corrected chi connectivity index (χ2v) is 4.67. The second kappa shape index (κ2) is 5.29. The largest absolute Gasteiger partial charge is 0.380 e. The van der Waals surface area contributed by atoms with E-state index in [1.54, 1.807) is 11.3 Å². The molecule has 2 heterocycles. The van der Waals surface area contributed by atoms with Gasteiger partial charge in [0.15, 0.2) is 0 Å². The molecule has 0 aliphatic rings. The summed E-state index contributed by atoms with van der Waals surface area (Å²) in [5.74, 6) is 1.08. The molecule has 0 radical (unpaired) electrons. The van der Waals surface area contributed by atoms with Crippen LogP contribution < -0.4 is 11.1 Å². The van der Waals surface area contributed by atoms with Crippen LogP contribution >= 0.6 is 11.3 Å². The Hall–Kier alpha value is -1.40. The lowest BCUT2D eigenvalue weighted by Gasteiger charge is -2.14. The van der Waals surface area contributed by atoms with Crippen LogP contribution in [0.2, 0.25) is 0 Å². The summed E-state index contributed by atoms with van der Waals surface area (Å²) in [6.07, 6.45) is 0. The number of ether oxygens (including phenoxy) is 1. The van der Waals surface area contributed by atoms with E-state index < -0.39 is 0 Å². The van der Waals surface area contributed by atoms with Crippen LogP contribution in [0.25, 0.3) is 10.2 Å². The summed E-state index contributed by atoms with van der Waals surface area (Å²) < 4.78 is 5.36. The number of anilines is 2. The van der Waals surface area contributed by atoms with E-state index in [-0.39, 0.29) is 6.04 Å². The maximum absolute atomic E-state index is 5.67. The molecule has 0 fully saturated rings. The van der Waals surface area contributed by atoms with Crippen molar-refractivity contribution in [2.75, 3.05) is 24.3 Å². The standard InChI is InChI=1S/C11H16N4OS/c1-3-16-6-7(2)13-9-8-4-5-17-10(8)15-11(12)14-9/h4-5,7H,3,6H2,1-2H3,(H3,12,13,14,15). The molecule has 0 aliphatic heterocycles. The first-order valence-electron chi connectivity index (χ1n) is 5.55. The van der Waals surface area contributed by atoms with E-state index in [1.165, 1.54) is 0 Å². The van der Waals surface area contributed by atoms with Crippen molar-refractivity contribution in [3.63, 3.8) is 0 Å². The minimum absolute atomic E-state index is 0.187. The predicted molar refractivity (Wildman–Crippen MR) is 71.4 cm³/mol. The smallest absolute Gasteiger partial charge is 0.223 e. The third-order valence-corrected chi connectivity index (χ3v) is 3.10. The maximum atomic E-state index is 5.67. The van der Waals surface area contributed by atoms with E-state index in [9.17, 15) is 0 Å². The number of aromatic nitrogens is 2. The Kier molecular flexibility index (Phi) is 3.75. The predicted octanol–water partition coefficient (Wildman–Crippen LogP) is 2.11. The summed E-state index contributed by atoms with van der Waals surface area (Å²) >= 11 is 1.56. The van der Waals surface area contributed by atoms with Crippen LogP contribution in [-0.2, 0) is 4.74 Å². The number of nitrogens with one attached hydrogen (secondary N) is 1. The quantitative estimate of drug-likeness (QED) is 0.852. The molecule has 2 aromatic rings. The monoisotopic (exact) mass is 252 g/mol. The zero-order valence-corrected chi connectivity index (χ0v) is 10.8. The van der Waals surface area contributed by atoms with Crippen molar-refractivity contribution in [1.82, 2.24) is 9.97 Å². The van der Waals surface area contributed by atoms with Gasteiger partial charge in [0.05, 0.1) is 12.0 Å². The summed E-state index contributed by atoms with van der Waals surface area (Å²) in [5, 5.41) is 6.29. The van der Waals surface area contributed by atoms with Gasteiger partial charge in [-0.25, -0.2) is 4.98 Å². The first-order chi connectivity index (χ1) is 8.20. The highest BCUT2D eigenvalue weighted by atomic mass is 32.1. The molecular weight excluding hydrogens is 236 g/mol. The molecule has 0 amide bonds. The van der Waals surface area contributed by atoms with Gasteiger partial charge in [0.2, 0.25) is 5.95 Å². The van der Waals surface area contributed by atoms with Crippen molar-refractivity contribution < 1.29 is 4.74 Å². The molecule has 6 heteroatoms. The van der Waals surface area contributed by atoms with Gasteiger partial charge in [-0.2, -0.15) is 4.98 Å². The van der Waals surface area contributed by atoms with Gasteiger partial charge in [-0.3, -0.25) is 0 Å². The van der Waals surface area contributed by atoms with Crippen LogP contribution in [-0.4, -0.2) is 29.2 Å². The van der Waals surface area contributed by atoms with E-state index in [2.05, 4.69) is 15.3 Å². The van der Waals surface area contributed by atoms with Crippen molar-refractivity contribution in [3.05, 3.63) is 11.4 Å². The third kappa shape index (κ3) is 2.83. The van der Waals surface area contributed by atoms with Gasteiger partial charge in [0.1, 0.15) is 10.6 Å². The molecule has 1 atom stereocenters. The van der Waals surface area contributed by atoms with Crippen molar-refractivity contribution in [2.24, 2.45) is 0 Å². The van der Waals surface area contributed by atoms with Crippen LogP contribution in [0.5, 0.6) is 0 Å². The number of hydrogen-bond acceptors (Lipinski definition) is 6. The minimum atomic E-state index is 0.187. The van der Waals surface area contributed by atoms with E-state index >= 15 is 0 Å². The number of hydrogen-bond donors (Lipinski definition) is 2. The van der Waals surface area contributed by atoms with E-state index in [0.29, 0.717) is 19.2 Å². The molecule has 0 saturated heterocycles. The average molecular weight is 252 g/mol. The fraction of sp³-hybridized carbons (Fsp3) is 0.455. The molecule has 0 saturated carbocycles. The van der Waals surface area contributed by atoms with E-state index in [0.717, 1.165) is 16.0 Å². The van der Waals surface area contributed by atoms with Crippen molar-refractivity contribution in [1.29, 1.82) is 0 Å². The zero-order valence-electron chi connectivity index (χ0n) is 9.93. The van der Waals surface area contributed by atoms with Crippen LogP contribution in [0.1, 0.15) is 13.8 Å². The van der Waals surface area contributed by atoms with Gasteiger partial charge >= 0.3 is 0 Å². The van der Waals surface area contributed by atoms with Gasteiger partial charge in [-0.1, -0.05) is 0 Å². The fourth-order valence-corrected chi connectivity index (χ4v) is 2.32. The van der Waals surface area contributed by atoms with E-state index in [1.807, 2.05) is 25.3 Å². The minimum Gasteiger partial charge on any atom is -0.380 e. The summed E-state index contributed by atoms with van der Waals surface area (Å²) in [6.45, 7) is 5.39. The van der Waals surface area contributed by atoms with E-state index in [4.69, 9.17) is 10.5 Å². The molecule has 1 unspecified atom stereocenters. The first-order valence-corrected chi connectivity index (χ1v) is 6.43. The topological polar surface area (TPSA) is 73.1 Å².